The standard InChI is InChI=1S/C22H17ClFN3O4S/c23-22-18(26-32(29,30)17-6-2-15(24)3-7-17)9-14(11-25-22)13-1-8-20-19(10-13)27(16-4-5-16)21(28)12-31-20/h1-3,6-11,16,26H,4-5,12H2. The lowest BCUT2D eigenvalue weighted by Gasteiger charge is -2.30. The molecule has 1 aliphatic heterocycles. The molecular formula is C22H17ClFN3O4S. The van der Waals surface area contributed by atoms with Crippen molar-refractivity contribution >= 4 is 38.9 Å². The monoisotopic (exact) mass is 473 g/mol. The van der Waals surface area contributed by atoms with Gasteiger partial charge in [-0.15, -0.1) is 0 Å². The van der Waals surface area contributed by atoms with Gasteiger partial charge in [-0.25, -0.2) is 17.8 Å². The van der Waals surface area contributed by atoms with Crippen molar-refractivity contribution in [1.29, 1.82) is 0 Å². The van der Waals surface area contributed by atoms with Crippen LogP contribution in [0.4, 0.5) is 15.8 Å². The van der Waals surface area contributed by atoms with Gasteiger partial charge in [-0.1, -0.05) is 17.7 Å². The summed E-state index contributed by atoms with van der Waals surface area (Å²) in [6.45, 7) is 0.0145. The Bertz CT molecular complexity index is 1330. The third-order valence-corrected chi connectivity index (χ3v) is 6.97. The summed E-state index contributed by atoms with van der Waals surface area (Å²) in [6.07, 6.45) is 3.42. The molecule has 0 spiro atoms. The van der Waals surface area contributed by atoms with Gasteiger partial charge in [0.2, 0.25) is 0 Å². The minimum Gasteiger partial charge on any atom is -0.482 e. The van der Waals surface area contributed by atoms with E-state index in [0.29, 0.717) is 17.0 Å². The zero-order valence-corrected chi connectivity index (χ0v) is 18.2. The SMILES string of the molecule is O=C1COc2ccc(-c3cnc(Cl)c(NS(=O)(=O)c4ccc(F)cc4)c3)cc2N1C1CC1. The minimum atomic E-state index is -4.00. The molecule has 7 nitrogen and oxygen atoms in total. The number of sulfonamides is 1. The highest BCUT2D eigenvalue weighted by atomic mass is 35.5. The number of anilines is 2. The van der Waals surface area contributed by atoms with Gasteiger partial charge in [-0.05, 0) is 60.9 Å². The first kappa shape index (κ1) is 20.7. The Hall–Kier alpha value is -3.17. The lowest BCUT2D eigenvalue weighted by molar-refractivity contribution is -0.121. The van der Waals surface area contributed by atoms with Crippen LogP contribution in [0, 0.1) is 5.82 Å². The van der Waals surface area contributed by atoms with Crippen LogP contribution in [-0.4, -0.2) is 32.0 Å². The summed E-state index contributed by atoms with van der Waals surface area (Å²) in [6, 6.07) is 11.6. The van der Waals surface area contributed by atoms with E-state index in [-0.39, 0.29) is 34.3 Å². The van der Waals surface area contributed by atoms with E-state index in [0.717, 1.165) is 42.7 Å². The zero-order chi connectivity index (χ0) is 22.5. The molecule has 1 amide bonds. The Balaban J connectivity index is 1.49. The molecule has 1 N–H and O–H groups in total. The quantitative estimate of drug-likeness (QED) is 0.560. The van der Waals surface area contributed by atoms with Gasteiger partial charge in [-0.2, -0.15) is 0 Å². The van der Waals surface area contributed by atoms with Crippen molar-refractivity contribution < 1.29 is 22.3 Å². The first-order valence-electron chi connectivity index (χ1n) is 9.85. The van der Waals surface area contributed by atoms with Crippen molar-refractivity contribution in [3.05, 3.63) is 65.7 Å². The number of rotatable bonds is 5. The lowest BCUT2D eigenvalue weighted by atomic mass is 10.0. The normalized spacial score (nSPS) is 15.8. The van der Waals surface area contributed by atoms with Gasteiger partial charge in [0, 0.05) is 17.8 Å². The molecule has 2 aliphatic rings. The molecule has 2 aromatic carbocycles. The van der Waals surface area contributed by atoms with Gasteiger partial charge in [0.1, 0.15) is 11.6 Å². The van der Waals surface area contributed by atoms with Crippen LogP contribution in [0.15, 0.2) is 59.6 Å². The lowest BCUT2D eigenvalue weighted by Crippen LogP contribution is -2.40. The van der Waals surface area contributed by atoms with E-state index >= 15 is 0 Å². The van der Waals surface area contributed by atoms with Crippen LogP contribution < -0.4 is 14.4 Å². The number of carbonyl (C=O) groups is 1. The van der Waals surface area contributed by atoms with E-state index in [1.807, 2.05) is 12.1 Å². The number of hydrogen-bond acceptors (Lipinski definition) is 5. The molecule has 32 heavy (non-hydrogen) atoms. The van der Waals surface area contributed by atoms with Gasteiger partial charge in [-0.3, -0.25) is 9.52 Å². The van der Waals surface area contributed by atoms with E-state index < -0.39 is 15.8 Å². The Labute approximate surface area is 188 Å². The summed E-state index contributed by atoms with van der Waals surface area (Å²) in [7, 11) is -4.00. The van der Waals surface area contributed by atoms with Crippen LogP contribution in [0.3, 0.4) is 0 Å². The van der Waals surface area contributed by atoms with Gasteiger partial charge >= 0.3 is 0 Å². The third-order valence-electron chi connectivity index (χ3n) is 5.29. The number of carbonyl (C=O) groups excluding carboxylic acids is 1. The topological polar surface area (TPSA) is 88.6 Å². The van der Waals surface area contributed by atoms with Crippen LogP contribution in [0.25, 0.3) is 11.1 Å². The fourth-order valence-electron chi connectivity index (χ4n) is 3.58. The van der Waals surface area contributed by atoms with Gasteiger partial charge in [0.05, 0.1) is 16.3 Å². The number of fused-ring (bicyclic) bond motifs is 1. The summed E-state index contributed by atoms with van der Waals surface area (Å²) in [5.74, 6) is -0.000652. The number of halogens is 2. The number of hydrogen-bond donors (Lipinski definition) is 1. The molecule has 1 fully saturated rings. The average molecular weight is 474 g/mol. The summed E-state index contributed by atoms with van der Waals surface area (Å²) in [4.78, 5) is 18.1. The van der Waals surface area contributed by atoms with Gasteiger partial charge in [0.15, 0.2) is 11.8 Å². The molecule has 10 heteroatoms. The molecule has 1 aliphatic carbocycles. The second-order valence-corrected chi connectivity index (χ2v) is 9.63. The molecule has 1 saturated carbocycles. The Kier molecular flexibility index (Phi) is 5.02. The van der Waals surface area contributed by atoms with Crippen molar-refractivity contribution in [2.75, 3.05) is 16.2 Å². The minimum absolute atomic E-state index is 0.0145. The van der Waals surface area contributed by atoms with E-state index in [4.69, 9.17) is 16.3 Å². The van der Waals surface area contributed by atoms with Crippen LogP contribution in [0.1, 0.15) is 12.8 Å². The molecule has 5 rings (SSSR count). The summed E-state index contributed by atoms with van der Waals surface area (Å²) < 4.78 is 46.5. The molecule has 3 aromatic rings. The highest BCUT2D eigenvalue weighted by Gasteiger charge is 2.37. The molecular weight excluding hydrogens is 457 g/mol. The van der Waals surface area contributed by atoms with Crippen LogP contribution in [0.2, 0.25) is 5.15 Å². The van der Waals surface area contributed by atoms with Crippen molar-refractivity contribution in [1.82, 2.24) is 4.98 Å². The summed E-state index contributed by atoms with van der Waals surface area (Å²) >= 11 is 6.14. The fraction of sp³-hybridized carbons (Fsp3) is 0.182. The molecule has 0 radical (unpaired) electrons. The molecule has 164 valence electrons. The number of amides is 1. The molecule has 0 atom stereocenters. The molecule has 0 saturated heterocycles. The molecule has 1 aromatic heterocycles. The number of ether oxygens (including phenoxy) is 1. The number of pyridine rings is 1. The summed E-state index contributed by atoms with van der Waals surface area (Å²) in [5.41, 5.74) is 2.09. The first-order valence-corrected chi connectivity index (χ1v) is 11.7. The third kappa shape index (κ3) is 3.89. The van der Waals surface area contributed by atoms with E-state index in [9.17, 15) is 17.6 Å². The van der Waals surface area contributed by atoms with E-state index in [1.54, 1.807) is 17.0 Å². The highest BCUT2D eigenvalue weighted by molar-refractivity contribution is 7.92. The number of benzene rings is 2. The van der Waals surface area contributed by atoms with Crippen molar-refractivity contribution in [2.45, 2.75) is 23.8 Å². The smallest absolute Gasteiger partial charge is 0.265 e. The number of nitrogens with zero attached hydrogens (tertiary/aromatic N) is 2. The molecule has 2 heterocycles. The molecule has 0 unspecified atom stereocenters. The average Bonchev–Trinajstić information content (AvgIpc) is 3.60. The Morgan fingerprint density at radius 3 is 2.56 bits per heavy atom. The second kappa shape index (κ2) is 7.75. The Morgan fingerprint density at radius 2 is 1.84 bits per heavy atom. The number of nitrogens with one attached hydrogen (secondary N) is 1. The van der Waals surface area contributed by atoms with Crippen LogP contribution in [0.5, 0.6) is 5.75 Å². The number of aromatic nitrogens is 1. The maximum absolute atomic E-state index is 13.2. The highest BCUT2D eigenvalue weighted by Crippen LogP contribution is 2.42. The Morgan fingerprint density at radius 1 is 1.09 bits per heavy atom. The maximum Gasteiger partial charge on any atom is 0.265 e. The van der Waals surface area contributed by atoms with E-state index in [2.05, 4.69) is 9.71 Å². The predicted molar refractivity (Wildman–Crippen MR) is 118 cm³/mol. The van der Waals surface area contributed by atoms with Gasteiger partial charge < -0.3 is 9.64 Å². The van der Waals surface area contributed by atoms with Crippen molar-refractivity contribution in [3.8, 4) is 16.9 Å². The largest absolute Gasteiger partial charge is 0.482 e. The second-order valence-electron chi connectivity index (χ2n) is 7.59. The van der Waals surface area contributed by atoms with Crippen molar-refractivity contribution in [2.24, 2.45) is 0 Å². The zero-order valence-electron chi connectivity index (χ0n) is 16.6. The first-order chi connectivity index (χ1) is 15.3. The van der Waals surface area contributed by atoms with Gasteiger partial charge in [0.25, 0.3) is 15.9 Å². The van der Waals surface area contributed by atoms with E-state index in [1.165, 1.54) is 6.20 Å². The van der Waals surface area contributed by atoms with Crippen molar-refractivity contribution in [3.63, 3.8) is 0 Å². The molecule has 0 bridgehead atoms. The van der Waals surface area contributed by atoms with Crippen LogP contribution >= 0.6 is 11.6 Å². The predicted octanol–water partition coefficient (Wildman–Crippen LogP) is 4.23. The maximum atomic E-state index is 13.2. The van der Waals surface area contributed by atoms with Crippen LogP contribution in [-0.2, 0) is 14.8 Å². The fourth-order valence-corrected chi connectivity index (χ4v) is 4.84. The summed E-state index contributed by atoms with van der Waals surface area (Å²) in [5, 5.41) is -0.0319.